The Morgan fingerprint density at radius 1 is 0.348 bits per heavy atom. The van der Waals surface area contributed by atoms with Crippen LogP contribution in [0, 0.1) is 0 Å². The van der Waals surface area contributed by atoms with Crippen LogP contribution in [-0.2, 0) is 4.79 Å². The van der Waals surface area contributed by atoms with Crippen LogP contribution in [0.25, 0.3) is 0 Å². The molecule has 1 amide bonds. The molecule has 0 aromatic carbocycles. The van der Waals surface area contributed by atoms with Gasteiger partial charge in [0, 0.05) is 6.42 Å². The van der Waals surface area contributed by atoms with Crippen LogP contribution >= 0.6 is 0 Å². The van der Waals surface area contributed by atoms with Gasteiger partial charge in [0.05, 0.1) is 18.8 Å². The summed E-state index contributed by atoms with van der Waals surface area (Å²) in [6, 6.07) is -0.644. The van der Waals surface area contributed by atoms with Crippen LogP contribution in [0.1, 0.15) is 335 Å². The number of hydrogen-bond donors (Lipinski definition) is 3. The predicted octanol–water partition coefficient (Wildman–Crippen LogP) is 20.0. The second-order valence-electron chi connectivity index (χ2n) is 20.8. The minimum Gasteiger partial charge on any atom is -0.394 e. The van der Waals surface area contributed by atoms with E-state index in [1.165, 1.54) is 276 Å². The lowest BCUT2D eigenvalue weighted by molar-refractivity contribution is -0.123. The second-order valence-corrected chi connectivity index (χ2v) is 20.8. The molecule has 0 aromatic heterocycles. The van der Waals surface area contributed by atoms with Gasteiger partial charge in [0.25, 0.3) is 0 Å². The lowest BCUT2D eigenvalue weighted by Gasteiger charge is -2.19. The zero-order chi connectivity index (χ0) is 47.7. The van der Waals surface area contributed by atoms with E-state index in [1.54, 1.807) is 6.08 Å². The van der Waals surface area contributed by atoms with Crippen molar-refractivity contribution >= 4 is 5.91 Å². The van der Waals surface area contributed by atoms with Gasteiger partial charge in [-0.2, -0.15) is 0 Å². The Kier molecular flexibility index (Phi) is 56.7. The summed E-state index contributed by atoms with van der Waals surface area (Å²) >= 11 is 0. The van der Waals surface area contributed by atoms with Crippen molar-refractivity contribution in [2.45, 2.75) is 347 Å². The summed E-state index contributed by atoms with van der Waals surface area (Å²) in [4.78, 5) is 12.5. The van der Waals surface area contributed by atoms with Crippen LogP contribution in [0.3, 0.4) is 0 Å². The number of aliphatic hydroxyl groups is 2. The maximum absolute atomic E-state index is 12.5. The number of hydrogen-bond acceptors (Lipinski definition) is 3. The summed E-state index contributed by atoms with van der Waals surface area (Å²) in [7, 11) is 0. The van der Waals surface area contributed by atoms with Crippen LogP contribution in [-0.4, -0.2) is 34.9 Å². The fourth-order valence-electron chi connectivity index (χ4n) is 9.51. The molecular formula is C62H119NO3. The maximum atomic E-state index is 12.5. The van der Waals surface area contributed by atoms with E-state index < -0.39 is 12.1 Å². The summed E-state index contributed by atoms with van der Waals surface area (Å²) < 4.78 is 0. The highest BCUT2D eigenvalue weighted by Gasteiger charge is 2.18. The molecular weight excluding hydrogens is 807 g/mol. The van der Waals surface area contributed by atoms with E-state index in [0.29, 0.717) is 6.42 Å². The number of nitrogens with one attached hydrogen (secondary N) is 1. The van der Waals surface area contributed by atoms with Gasteiger partial charge in [-0.3, -0.25) is 4.79 Å². The first-order valence-corrected chi connectivity index (χ1v) is 30.2. The average Bonchev–Trinajstić information content (AvgIpc) is 3.32. The molecule has 390 valence electrons. The van der Waals surface area contributed by atoms with Crippen molar-refractivity contribution in [2.75, 3.05) is 6.61 Å². The van der Waals surface area contributed by atoms with Gasteiger partial charge in [0.1, 0.15) is 0 Å². The van der Waals surface area contributed by atoms with Crippen LogP contribution in [0.2, 0.25) is 0 Å². The smallest absolute Gasteiger partial charge is 0.220 e. The molecule has 0 rings (SSSR count). The van der Waals surface area contributed by atoms with Crippen molar-refractivity contribution < 1.29 is 15.0 Å². The topological polar surface area (TPSA) is 69.6 Å². The van der Waals surface area contributed by atoms with Crippen molar-refractivity contribution in [3.05, 3.63) is 36.5 Å². The Morgan fingerprint density at radius 2 is 0.591 bits per heavy atom. The molecule has 0 aliphatic heterocycles. The molecule has 0 aromatic rings. The molecule has 2 atom stereocenters. The third-order valence-corrected chi connectivity index (χ3v) is 14.1. The first kappa shape index (κ1) is 64.6. The molecule has 0 radical (unpaired) electrons. The molecule has 0 bridgehead atoms. The molecule has 0 spiro atoms. The maximum Gasteiger partial charge on any atom is 0.220 e. The molecule has 2 unspecified atom stereocenters. The minimum atomic E-state index is -0.869. The van der Waals surface area contributed by atoms with Gasteiger partial charge in [-0.15, -0.1) is 0 Å². The van der Waals surface area contributed by atoms with Crippen LogP contribution < -0.4 is 5.32 Å². The quantitative estimate of drug-likeness (QED) is 0.0420. The Hall–Kier alpha value is -1.39. The van der Waals surface area contributed by atoms with Gasteiger partial charge in [-0.05, 0) is 44.9 Å². The van der Waals surface area contributed by atoms with Crippen molar-refractivity contribution in [3.63, 3.8) is 0 Å². The lowest BCUT2D eigenvalue weighted by Crippen LogP contribution is -2.45. The third kappa shape index (κ3) is 53.6. The molecule has 0 aliphatic carbocycles. The van der Waals surface area contributed by atoms with Crippen molar-refractivity contribution in [1.82, 2.24) is 5.32 Å². The fraction of sp³-hybridized carbons (Fsp3) is 0.887. The van der Waals surface area contributed by atoms with Gasteiger partial charge >= 0.3 is 0 Å². The first-order chi connectivity index (χ1) is 32.7. The molecule has 0 saturated heterocycles. The number of allylic oxidation sites excluding steroid dienone is 5. The van der Waals surface area contributed by atoms with Gasteiger partial charge in [-0.25, -0.2) is 0 Å². The van der Waals surface area contributed by atoms with Gasteiger partial charge in [0.15, 0.2) is 0 Å². The zero-order valence-electron chi connectivity index (χ0n) is 45.0. The number of aliphatic hydroxyl groups excluding tert-OH is 2. The minimum absolute atomic E-state index is 0.0713. The zero-order valence-corrected chi connectivity index (χ0v) is 45.0. The third-order valence-electron chi connectivity index (χ3n) is 14.1. The van der Waals surface area contributed by atoms with Crippen LogP contribution in [0.4, 0.5) is 0 Å². The van der Waals surface area contributed by atoms with E-state index in [1.807, 2.05) is 6.08 Å². The van der Waals surface area contributed by atoms with Gasteiger partial charge in [0.2, 0.25) is 5.91 Å². The Bertz CT molecular complexity index is 1010. The fourth-order valence-corrected chi connectivity index (χ4v) is 9.51. The lowest BCUT2D eigenvalue weighted by atomic mass is 10.0. The number of carbonyl (C=O) groups excluding carboxylic acids is 1. The van der Waals surface area contributed by atoms with Crippen molar-refractivity contribution in [3.8, 4) is 0 Å². The van der Waals surface area contributed by atoms with E-state index in [-0.39, 0.29) is 12.5 Å². The highest BCUT2D eigenvalue weighted by atomic mass is 16.3. The molecule has 0 fully saturated rings. The molecule has 3 N–H and O–H groups in total. The molecule has 0 saturated carbocycles. The van der Waals surface area contributed by atoms with E-state index in [9.17, 15) is 15.0 Å². The average molecular weight is 927 g/mol. The molecule has 0 aliphatic rings. The number of rotatable bonds is 56. The molecule has 0 heterocycles. The van der Waals surface area contributed by atoms with E-state index in [0.717, 1.165) is 38.5 Å². The highest BCUT2D eigenvalue weighted by Crippen LogP contribution is 2.18. The number of unbranched alkanes of at least 4 members (excludes halogenated alkanes) is 45. The molecule has 4 heteroatoms. The predicted molar refractivity (Wildman–Crippen MR) is 295 cm³/mol. The highest BCUT2D eigenvalue weighted by molar-refractivity contribution is 5.76. The summed E-state index contributed by atoms with van der Waals surface area (Å²) in [5.74, 6) is -0.0713. The normalized spacial score (nSPS) is 13.0. The Balaban J connectivity index is 3.51. The molecule has 4 nitrogen and oxygen atoms in total. The second kappa shape index (κ2) is 57.9. The summed E-state index contributed by atoms with van der Waals surface area (Å²) in [5.41, 5.74) is 0. The largest absolute Gasteiger partial charge is 0.394 e. The van der Waals surface area contributed by atoms with E-state index in [4.69, 9.17) is 0 Å². The standard InChI is InChI=1S/C62H119NO3/c1-3-5-7-9-11-13-15-17-19-21-23-25-27-29-30-31-32-33-34-35-37-39-41-43-45-47-49-51-53-55-57-61(65)60(59-64)63-62(66)58-56-54-52-50-48-46-44-42-40-38-36-28-26-24-22-20-18-16-14-12-10-8-6-4-2/h39,41,47,49,55,57,60-61,64-65H,3-38,40,42-46,48,50-54,56,58-59H2,1-2H3,(H,63,66)/b41-39+,49-47+,57-55+. The van der Waals surface area contributed by atoms with Gasteiger partial charge in [-0.1, -0.05) is 320 Å². The Morgan fingerprint density at radius 3 is 0.879 bits per heavy atom. The first-order valence-electron chi connectivity index (χ1n) is 30.2. The summed E-state index contributed by atoms with van der Waals surface area (Å²) in [6.45, 7) is 4.34. The van der Waals surface area contributed by atoms with E-state index >= 15 is 0 Å². The number of carbonyl (C=O) groups is 1. The monoisotopic (exact) mass is 926 g/mol. The van der Waals surface area contributed by atoms with Crippen LogP contribution in [0.15, 0.2) is 36.5 Å². The summed E-state index contributed by atoms with van der Waals surface area (Å²) in [6.07, 6.45) is 79.1. The Labute approximate surface area is 414 Å². The van der Waals surface area contributed by atoms with Crippen LogP contribution in [0.5, 0.6) is 0 Å². The SMILES string of the molecule is CCCCCCCCCCCCCCCCCCCCCC/C=C/CC/C=C/CC/C=C/C(O)C(CO)NC(=O)CCCCCCCCCCCCCCCCCCCCCCCCCC. The summed E-state index contributed by atoms with van der Waals surface area (Å²) in [5, 5.41) is 23.2. The molecule has 66 heavy (non-hydrogen) atoms. The number of amides is 1. The van der Waals surface area contributed by atoms with Crippen molar-refractivity contribution in [1.29, 1.82) is 0 Å². The van der Waals surface area contributed by atoms with Crippen molar-refractivity contribution in [2.24, 2.45) is 0 Å². The van der Waals surface area contributed by atoms with E-state index in [2.05, 4.69) is 43.5 Å². The van der Waals surface area contributed by atoms with Gasteiger partial charge < -0.3 is 15.5 Å².